The molecule has 0 saturated carbocycles. The average Bonchev–Trinajstić information content (AvgIpc) is 4.18. The van der Waals surface area contributed by atoms with Crippen molar-refractivity contribution in [1.29, 1.82) is 0 Å². The van der Waals surface area contributed by atoms with Gasteiger partial charge in [-0.2, -0.15) is 0 Å². The predicted octanol–water partition coefficient (Wildman–Crippen LogP) is 0.426. The van der Waals surface area contributed by atoms with Crippen molar-refractivity contribution in [2.75, 3.05) is 19.8 Å². The molecule has 2 unspecified atom stereocenters. The van der Waals surface area contributed by atoms with Gasteiger partial charge in [-0.3, -0.25) is 9.59 Å². The van der Waals surface area contributed by atoms with E-state index in [0.29, 0.717) is 18.8 Å². The zero-order valence-electron chi connectivity index (χ0n) is 42.3. The maximum Gasteiger partial charge on any atom is 0.252 e. The van der Waals surface area contributed by atoms with Crippen molar-refractivity contribution in [1.82, 2.24) is 59.7 Å². The van der Waals surface area contributed by atoms with Crippen LogP contribution in [0.5, 0.6) is 0 Å². The SMILES string of the molecule is CC(C)O[C@@H]1OC(C(=O)NCCOCCn2cc(-c3cncn3C)nn2)[C@@H](OC(C)C)[C@H](O)[C@@H]1O.CC(C)O[C@@H]1OC(C(=O)NCc2ccc(-n3cc(-c4cncn4C)nn3)cc2)[C@@H](OC(C)C)[C@H](O)[C@@H]1O. The van der Waals surface area contributed by atoms with E-state index in [1.807, 2.05) is 59.9 Å². The number of aliphatic hydroxyl groups excluding tert-OH is 4. The summed E-state index contributed by atoms with van der Waals surface area (Å²) in [7, 11) is 3.77. The van der Waals surface area contributed by atoms with Gasteiger partial charge in [0, 0.05) is 27.2 Å². The highest BCUT2D eigenvalue weighted by molar-refractivity contribution is 5.82. The number of hydrogen-bond acceptors (Lipinski definition) is 19. The molecule has 2 aliphatic rings. The van der Waals surface area contributed by atoms with E-state index < -0.39 is 73.2 Å². The normalized spacial score (nSPS) is 24.5. The molecule has 7 rings (SSSR count). The highest BCUT2D eigenvalue weighted by Gasteiger charge is 2.50. The number of carbonyl (C=O) groups is 2. The van der Waals surface area contributed by atoms with Crippen molar-refractivity contribution in [2.24, 2.45) is 14.1 Å². The van der Waals surface area contributed by atoms with Gasteiger partial charge in [0.2, 0.25) is 0 Å². The molecule has 25 nitrogen and oxygen atoms in total. The first-order chi connectivity index (χ1) is 34.3. The number of nitrogens with one attached hydrogen (secondary N) is 2. The number of amides is 2. The molecule has 10 atom stereocenters. The quantitative estimate of drug-likeness (QED) is 0.0543. The smallest absolute Gasteiger partial charge is 0.252 e. The summed E-state index contributed by atoms with van der Waals surface area (Å²) in [6.07, 6.45) is -2.77. The molecule has 2 aliphatic heterocycles. The molecular weight excluding hydrogens is 941 g/mol. The summed E-state index contributed by atoms with van der Waals surface area (Å²) >= 11 is 0. The number of benzene rings is 1. The van der Waals surface area contributed by atoms with E-state index in [9.17, 15) is 30.0 Å². The van der Waals surface area contributed by atoms with Gasteiger partial charge in [-0.25, -0.2) is 19.3 Å². The second-order valence-corrected chi connectivity index (χ2v) is 18.5. The minimum absolute atomic E-state index is 0.221. The fourth-order valence-corrected chi connectivity index (χ4v) is 7.69. The molecule has 4 aromatic heterocycles. The van der Waals surface area contributed by atoms with Gasteiger partial charge < -0.3 is 73.4 Å². The molecule has 72 heavy (non-hydrogen) atoms. The molecule has 6 heterocycles. The highest BCUT2D eigenvalue weighted by Crippen LogP contribution is 2.28. The second kappa shape index (κ2) is 25.9. The fraction of sp³-hybridized carbons (Fsp3) is 0.617. The van der Waals surface area contributed by atoms with Crippen molar-refractivity contribution in [3.8, 4) is 28.5 Å². The van der Waals surface area contributed by atoms with Crippen molar-refractivity contribution in [3.63, 3.8) is 0 Å². The maximum absolute atomic E-state index is 13.1. The Kier molecular flexibility index (Phi) is 20.0. The Balaban J connectivity index is 0.000000236. The molecule has 25 heteroatoms. The molecule has 2 fully saturated rings. The van der Waals surface area contributed by atoms with Crippen molar-refractivity contribution >= 4 is 11.8 Å². The number of rotatable bonds is 21. The van der Waals surface area contributed by atoms with Gasteiger partial charge in [-0.15, -0.1) is 10.2 Å². The fourth-order valence-electron chi connectivity index (χ4n) is 7.69. The molecule has 6 N–H and O–H groups in total. The lowest BCUT2D eigenvalue weighted by Gasteiger charge is -2.42. The van der Waals surface area contributed by atoms with E-state index in [1.54, 1.807) is 89.8 Å². The van der Waals surface area contributed by atoms with Crippen molar-refractivity contribution in [2.45, 2.75) is 154 Å². The number of aromatic nitrogens is 10. The number of ether oxygens (including phenoxy) is 7. The van der Waals surface area contributed by atoms with Crippen LogP contribution in [0.25, 0.3) is 28.5 Å². The topological polar surface area (TPSA) is 301 Å². The van der Waals surface area contributed by atoms with Crippen LogP contribution in [0, 0.1) is 0 Å². The molecular formula is C47H70N12O13. The number of aryl methyl sites for hydroxylation is 2. The Labute approximate surface area is 417 Å². The van der Waals surface area contributed by atoms with Crippen LogP contribution in [0.1, 0.15) is 61.0 Å². The van der Waals surface area contributed by atoms with Crippen LogP contribution in [-0.2, 0) is 69.9 Å². The summed E-state index contributed by atoms with van der Waals surface area (Å²) in [4.78, 5) is 34.1. The van der Waals surface area contributed by atoms with Gasteiger partial charge in [0.1, 0.15) is 48.0 Å². The minimum Gasteiger partial charge on any atom is -0.387 e. The van der Waals surface area contributed by atoms with Gasteiger partial charge in [-0.1, -0.05) is 22.6 Å². The largest absolute Gasteiger partial charge is 0.387 e. The van der Waals surface area contributed by atoms with E-state index >= 15 is 0 Å². The zero-order chi connectivity index (χ0) is 52.2. The third-order valence-corrected chi connectivity index (χ3v) is 11.1. The summed E-state index contributed by atoms with van der Waals surface area (Å²) in [6.45, 7) is 15.8. The Morgan fingerprint density at radius 2 is 1.12 bits per heavy atom. The predicted molar refractivity (Wildman–Crippen MR) is 255 cm³/mol. The third kappa shape index (κ3) is 14.8. The first kappa shape index (κ1) is 55.7. The average molecular weight is 1010 g/mol. The molecule has 2 saturated heterocycles. The van der Waals surface area contributed by atoms with Crippen molar-refractivity contribution < 1.29 is 63.2 Å². The minimum atomic E-state index is -1.35. The van der Waals surface area contributed by atoms with Crippen LogP contribution >= 0.6 is 0 Å². The van der Waals surface area contributed by atoms with E-state index in [-0.39, 0.29) is 44.1 Å². The third-order valence-electron chi connectivity index (χ3n) is 11.1. The monoisotopic (exact) mass is 1010 g/mol. The Bertz CT molecular complexity index is 2440. The molecule has 0 radical (unpaired) electrons. The number of aliphatic hydroxyl groups is 4. The van der Waals surface area contributed by atoms with Crippen LogP contribution in [0.2, 0.25) is 0 Å². The molecule has 2 amide bonds. The number of nitrogens with zero attached hydrogens (tertiary/aromatic N) is 10. The van der Waals surface area contributed by atoms with Crippen molar-refractivity contribution in [3.05, 3.63) is 67.3 Å². The van der Waals surface area contributed by atoms with Gasteiger partial charge >= 0.3 is 0 Å². The number of carbonyl (C=O) groups excluding carboxylic acids is 2. The zero-order valence-corrected chi connectivity index (χ0v) is 42.3. The summed E-state index contributed by atoms with van der Waals surface area (Å²) in [5, 5.41) is 64.2. The summed E-state index contributed by atoms with van der Waals surface area (Å²) < 4.78 is 46.6. The van der Waals surface area contributed by atoms with Crippen LogP contribution in [0.3, 0.4) is 0 Å². The maximum atomic E-state index is 13.1. The van der Waals surface area contributed by atoms with Gasteiger partial charge in [0.05, 0.1) is 98.7 Å². The summed E-state index contributed by atoms with van der Waals surface area (Å²) in [5.41, 5.74) is 4.79. The van der Waals surface area contributed by atoms with Crippen LogP contribution < -0.4 is 10.6 Å². The second-order valence-electron chi connectivity index (χ2n) is 18.5. The Hall–Kier alpha value is -5.58. The van der Waals surface area contributed by atoms with Gasteiger partial charge in [0.15, 0.2) is 24.8 Å². The lowest BCUT2D eigenvalue weighted by atomic mass is 9.97. The van der Waals surface area contributed by atoms with Crippen LogP contribution in [0.15, 0.2) is 61.7 Å². The Morgan fingerprint density at radius 1 is 0.639 bits per heavy atom. The summed E-state index contributed by atoms with van der Waals surface area (Å²) in [5.74, 6) is -0.963. The van der Waals surface area contributed by atoms with E-state index in [2.05, 4.69) is 41.2 Å². The van der Waals surface area contributed by atoms with Crippen LogP contribution in [0.4, 0.5) is 0 Å². The lowest BCUT2D eigenvalue weighted by Crippen LogP contribution is -2.63. The molecule has 1 aromatic carbocycles. The molecule has 0 aliphatic carbocycles. The van der Waals surface area contributed by atoms with E-state index in [1.165, 1.54) is 0 Å². The first-order valence-corrected chi connectivity index (χ1v) is 23.9. The lowest BCUT2D eigenvalue weighted by molar-refractivity contribution is -0.307. The molecule has 396 valence electrons. The van der Waals surface area contributed by atoms with Gasteiger partial charge in [-0.05, 0) is 73.1 Å². The van der Waals surface area contributed by atoms with Crippen LogP contribution in [-0.4, -0.2) is 187 Å². The van der Waals surface area contributed by atoms with E-state index in [4.69, 9.17) is 33.2 Å². The molecule has 5 aromatic rings. The van der Waals surface area contributed by atoms with Gasteiger partial charge in [0.25, 0.3) is 11.8 Å². The molecule has 0 spiro atoms. The standard InChI is InChI=1S/C25H34N6O6.C22H36N6O7/c1-14(2)35-22-20(32)21(33)25(36-15(3)4)37-23(22)24(34)27-10-16-6-8-17(9-7-16)31-12-18(28-29-31)19-11-26-13-30(19)5;1-13(2)33-19-17(29)18(30)22(34-14(3)4)35-20(19)21(31)24-6-8-32-9-7-28-11-15(25-26-28)16-10-23-12-27(16)5/h6-9,11-15,20-23,25,32-33H,10H2,1-5H3,(H,27,34);10-14,17-20,22,29-30H,6-9H2,1-5H3,(H,24,31)/t20-,21+,22+,23?,25-;17-,18+,19+,20?,22-/m11/s1. The first-order valence-electron chi connectivity index (χ1n) is 23.9. The highest BCUT2D eigenvalue weighted by atomic mass is 16.7. The number of hydrogen-bond donors (Lipinski definition) is 6. The van der Waals surface area contributed by atoms with E-state index in [0.717, 1.165) is 28.3 Å². The summed E-state index contributed by atoms with van der Waals surface area (Å²) in [6, 6.07) is 7.48. The molecule has 0 bridgehead atoms. The Morgan fingerprint density at radius 3 is 1.61 bits per heavy atom. The number of imidazole rings is 2.